The summed E-state index contributed by atoms with van der Waals surface area (Å²) in [5.41, 5.74) is 2.02. The van der Waals surface area contributed by atoms with Crippen molar-refractivity contribution in [1.82, 2.24) is 4.90 Å². The molecule has 0 unspecified atom stereocenters. The maximum Gasteiger partial charge on any atom is 0.224 e. The highest BCUT2D eigenvalue weighted by atomic mass is 16.5. The molecule has 5 heteroatoms. The lowest BCUT2D eigenvalue weighted by molar-refractivity contribution is -0.130. The van der Waals surface area contributed by atoms with Crippen LogP contribution in [0.4, 0.5) is 5.69 Å². The van der Waals surface area contributed by atoms with Gasteiger partial charge in [0.15, 0.2) is 11.5 Å². The minimum atomic E-state index is 0.104. The molecule has 2 aromatic carbocycles. The van der Waals surface area contributed by atoms with Gasteiger partial charge in [0, 0.05) is 38.3 Å². The Morgan fingerprint density at radius 1 is 1.04 bits per heavy atom. The number of hydrogen-bond acceptors (Lipinski definition) is 4. The second-order valence-electron chi connectivity index (χ2n) is 5.48. The molecule has 128 valence electrons. The number of anilines is 1. The predicted molar refractivity (Wildman–Crippen MR) is 95.6 cm³/mol. The second-order valence-corrected chi connectivity index (χ2v) is 5.48. The molecule has 0 aliphatic heterocycles. The predicted octanol–water partition coefficient (Wildman–Crippen LogP) is 3.16. The molecule has 2 rings (SSSR count). The third-order valence-corrected chi connectivity index (χ3v) is 3.74. The van der Waals surface area contributed by atoms with Gasteiger partial charge in [-0.1, -0.05) is 30.3 Å². The molecule has 2 aromatic rings. The number of ether oxygens (including phenoxy) is 2. The molecule has 1 N–H and O–H groups in total. The normalized spacial score (nSPS) is 10.1. The van der Waals surface area contributed by atoms with Crippen molar-refractivity contribution in [3.05, 3.63) is 54.1 Å². The molecule has 0 aromatic heterocycles. The minimum absolute atomic E-state index is 0.104. The third kappa shape index (κ3) is 4.91. The third-order valence-electron chi connectivity index (χ3n) is 3.74. The van der Waals surface area contributed by atoms with Gasteiger partial charge < -0.3 is 19.7 Å². The SMILES string of the molecule is COc1ccc(NCCC(=O)N(C)Cc2ccccc2)cc1OC. The Kier molecular flexibility index (Phi) is 6.49. The molecule has 0 saturated carbocycles. The first kappa shape index (κ1) is 17.7. The van der Waals surface area contributed by atoms with E-state index < -0.39 is 0 Å². The van der Waals surface area contributed by atoms with Gasteiger partial charge in [0.05, 0.1) is 14.2 Å². The summed E-state index contributed by atoms with van der Waals surface area (Å²) < 4.78 is 10.5. The highest BCUT2D eigenvalue weighted by molar-refractivity contribution is 5.76. The van der Waals surface area contributed by atoms with Crippen LogP contribution in [0.2, 0.25) is 0 Å². The van der Waals surface area contributed by atoms with Crippen LogP contribution in [-0.4, -0.2) is 38.6 Å². The molecular weight excluding hydrogens is 304 g/mol. The van der Waals surface area contributed by atoms with E-state index in [-0.39, 0.29) is 5.91 Å². The summed E-state index contributed by atoms with van der Waals surface area (Å²) in [6.45, 7) is 1.18. The van der Waals surface area contributed by atoms with Crippen molar-refractivity contribution < 1.29 is 14.3 Å². The van der Waals surface area contributed by atoms with E-state index >= 15 is 0 Å². The molecule has 0 atom stereocenters. The summed E-state index contributed by atoms with van der Waals surface area (Å²) in [6, 6.07) is 15.6. The average Bonchev–Trinajstić information content (AvgIpc) is 2.62. The van der Waals surface area contributed by atoms with Gasteiger partial charge in [-0.05, 0) is 17.7 Å². The fraction of sp³-hybridized carbons (Fsp3) is 0.316. The Labute approximate surface area is 143 Å². The van der Waals surface area contributed by atoms with E-state index in [1.54, 1.807) is 19.1 Å². The lowest BCUT2D eigenvalue weighted by Crippen LogP contribution is -2.27. The van der Waals surface area contributed by atoms with Crippen LogP contribution < -0.4 is 14.8 Å². The van der Waals surface area contributed by atoms with E-state index in [0.717, 1.165) is 11.3 Å². The van der Waals surface area contributed by atoms with Crippen LogP contribution in [0.1, 0.15) is 12.0 Å². The van der Waals surface area contributed by atoms with E-state index in [0.29, 0.717) is 31.0 Å². The van der Waals surface area contributed by atoms with Crippen molar-refractivity contribution in [2.75, 3.05) is 33.1 Å². The standard InChI is InChI=1S/C19H24N2O3/c1-21(14-15-7-5-4-6-8-15)19(22)11-12-20-16-9-10-17(23-2)18(13-16)24-3/h4-10,13,20H,11-12,14H2,1-3H3. The van der Waals surface area contributed by atoms with Gasteiger partial charge in [-0.2, -0.15) is 0 Å². The monoisotopic (exact) mass is 328 g/mol. The fourth-order valence-corrected chi connectivity index (χ4v) is 2.40. The maximum absolute atomic E-state index is 12.2. The summed E-state index contributed by atoms with van der Waals surface area (Å²) in [7, 11) is 5.03. The molecule has 24 heavy (non-hydrogen) atoms. The van der Waals surface area contributed by atoms with E-state index in [1.807, 2.05) is 55.6 Å². The zero-order valence-electron chi connectivity index (χ0n) is 14.4. The summed E-state index contributed by atoms with van der Waals surface area (Å²) in [4.78, 5) is 13.9. The van der Waals surface area contributed by atoms with Gasteiger partial charge in [-0.3, -0.25) is 4.79 Å². The zero-order chi connectivity index (χ0) is 17.4. The number of nitrogens with one attached hydrogen (secondary N) is 1. The van der Waals surface area contributed by atoms with Gasteiger partial charge >= 0.3 is 0 Å². The highest BCUT2D eigenvalue weighted by Crippen LogP contribution is 2.29. The minimum Gasteiger partial charge on any atom is -0.493 e. The van der Waals surface area contributed by atoms with E-state index in [9.17, 15) is 4.79 Å². The molecular formula is C19H24N2O3. The van der Waals surface area contributed by atoms with Gasteiger partial charge in [0.2, 0.25) is 5.91 Å². The topological polar surface area (TPSA) is 50.8 Å². The molecule has 0 bridgehead atoms. The summed E-state index contributed by atoms with van der Waals surface area (Å²) in [5.74, 6) is 1.45. The number of carbonyl (C=O) groups is 1. The number of hydrogen-bond donors (Lipinski definition) is 1. The van der Waals surface area contributed by atoms with E-state index in [4.69, 9.17) is 9.47 Å². The van der Waals surface area contributed by atoms with Crippen LogP contribution in [0.5, 0.6) is 11.5 Å². The molecule has 0 aliphatic rings. The molecule has 0 fully saturated rings. The molecule has 1 amide bonds. The Morgan fingerprint density at radius 3 is 2.42 bits per heavy atom. The Balaban J connectivity index is 1.82. The second kappa shape index (κ2) is 8.82. The van der Waals surface area contributed by atoms with Gasteiger partial charge in [-0.15, -0.1) is 0 Å². The fourth-order valence-electron chi connectivity index (χ4n) is 2.40. The zero-order valence-corrected chi connectivity index (χ0v) is 14.4. The maximum atomic E-state index is 12.2. The Bertz CT molecular complexity index is 659. The lowest BCUT2D eigenvalue weighted by atomic mass is 10.2. The smallest absolute Gasteiger partial charge is 0.224 e. The van der Waals surface area contributed by atoms with Crippen molar-refractivity contribution in [1.29, 1.82) is 0 Å². The number of benzene rings is 2. The van der Waals surface area contributed by atoms with Crippen LogP contribution in [0.25, 0.3) is 0 Å². The lowest BCUT2D eigenvalue weighted by Gasteiger charge is -2.18. The molecule has 0 spiro atoms. The largest absolute Gasteiger partial charge is 0.493 e. The average molecular weight is 328 g/mol. The van der Waals surface area contributed by atoms with Crippen LogP contribution in [-0.2, 0) is 11.3 Å². The van der Waals surface area contributed by atoms with Crippen LogP contribution in [0.3, 0.4) is 0 Å². The summed E-state index contributed by atoms with van der Waals surface area (Å²) >= 11 is 0. The van der Waals surface area contributed by atoms with Gasteiger partial charge in [0.25, 0.3) is 0 Å². The number of rotatable bonds is 8. The van der Waals surface area contributed by atoms with Crippen molar-refractivity contribution >= 4 is 11.6 Å². The van der Waals surface area contributed by atoms with Crippen LogP contribution >= 0.6 is 0 Å². The molecule has 0 aliphatic carbocycles. The van der Waals surface area contributed by atoms with Crippen LogP contribution in [0.15, 0.2) is 48.5 Å². The summed E-state index contributed by atoms with van der Waals surface area (Å²) in [6.07, 6.45) is 0.428. The number of carbonyl (C=O) groups excluding carboxylic acids is 1. The first-order valence-corrected chi connectivity index (χ1v) is 7.88. The first-order valence-electron chi connectivity index (χ1n) is 7.88. The Hall–Kier alpha value is -2.69. The van der Waals surface area contributed by atoms with Gasteiger partial charge in [0.1, 0.15) is 0 Å². The van der Waals surface area contributed by atoms with Crippen molar-refractivity contribution in [2.24, 2.45) is 0 Å². The number of nitrogens with zero attached hydrogens (tertiary/aromatic N) is 1. The van der Waals surface area contributed by atoms with Crippen LogP contribution in [0, 0.1) is 0 Å². The highest BCUT2D eigenvalue weighted by Gasteiger charge is 2.09. The van der Waals surface area contributed by atoms with Crippen molar-refractivity contribution in [2.45, 2.75) is 13.0 Å². The molecule has 0 heterocycles. The Morgan fingerprint density at radius 2 is 1.75 bits per heavy atom. The quantitative estimate of drug-likeness (QED) is 0.809. The van der Waals surface area contributed by atoms with Gasteiger partial charge in [-0.25, -0.2) is 0 Å². The van der Waals surface area contributed by atoms with E-state index in [1.165, 1.54) is 0 Å². The van der Waals surface area contributed by atoms with Crippen molar-refractivity contribution in [3.8, 4) is 11.5 Å². The first-order chi connectivity index (χ1) is 11.6. The molecule has 0 radical (unpaired) electrons. The summed E-state index contributed by atoms with van der Waals surface area (Å²) in [5, 5.41) is 3.24. The van der Waals surface area contributed by atoms with E-state index in [2.05, 4.69) is 5.32 Å². The number of methoxy groups -OCH3 is 2. The molecule has 0 saturated heterocycles. The number of amides is 1. The van der Waals surface area contributed by atoms with Crippen molar-refractivity contribution in [3.63, 3.8) is 0 Å². The molecule has 5 nitrogen and oxygen atoms in total.